The zero-order valence-corrected chi connectivity index (χ0v) is 20.1. The Balaban J connectivity index is 1.49. The zero-order valence-electron chi connectivity index (χ0n) is 20.1. The highest BCUT2D eigenvalue weighted by molar-refractivity contribution is 6.01. The number of aromatic nitrogens is 2. The van der Waals surface area contributed by atoms with Gasteiger partial charge in [0, 0.05) is 23.8 Å². The average molecular weight is 483 g/mol. The molecule has 0 aliphatic carbocycles. The van der Waals surface area contributed by atoms with Crippen molar-refractivity contribution >= 4 is 28.4 Å². The second kappa shape index (κ2) is 10.0. The van der Waals surface area contributed by atoms with Crippen LogP contribution in [0, 0.1) is 0 Å². The molecule has 8 nitrogen and oxygen atoms in total. The summed E-state index contributed by atoms with van der Waals surface area (Å²) in [6.07, 6.45) is 0.588. The number of hydrogen-bond donors (Lipinski definition) is 2. The number of amides is 1. The minimum absolute atomic E-state index is 0.197. The number of aromatic amines is 1. The second-order valence-electron chi connectivity index (χ2n) is 8.41. The number of H-pyrrole nitrogens is 1. The summed E-state index contributed by atoms with van der Waals surface area (Å²) in [4.78, 5) is 28.5. The molecule has 182 valence electrons. The predicted molar refractivity (Wildman–Crippen MR) is 139 cm³/mol. The Hall–Kier alpha value is -4.46. The Morgan fingerprint density at radius 1 is 1.03 bits per heavy atom. The summed E-state index contributed by atoms with van der Waals surface area (Å²) in [6.45, 7) is 4.55. The van der Waals surface area contributed by atoms with Crippen molar-refractivity contribution in [3.8, 4) is 16.9 Å². The van der Waals surface area contributed by atoms with Gasteiger partial charge in [-0.05, 0) is 54.8 Å². The lowest BCUT2D eigenvalue weighted by molar-refractivity contribution is 0.157. The normalized spacial score (nSPS) is 12.2. The van der Waals surface area contributed by atoms with Crippen LogP contribution in [-0.4, -0.2) is 35.3 Å². The highest BCUT2D eigenvalue weighted by atomic mass is 16.5. The van der Waals surface area contributed by atoms with E-state index in [1.54, 1.807) is 13.0 Å². The molecule has 8 heteroatoms. The SMILES string of the molecule is CCOC(=O)NC1=Nc2cc(-c3cc(Cc4n[nH]c(=O)c5ccccc45)ccc3OCC)ccc2C1. The van der Waals surface area contributed by atoms with Gasteiger partial charge in [-0.2, -0.15) is 5.10 Å². The van der Waals surface area contributed by atoms with Gasteiger partial charge in [-0.15, -0.1) is 0 Å². The standard InChI is InChI=1S/C28H26N4O4/c1-3-35-25-12-9-17(14-24-20-7-5-6-8-21(20)27(33)32-31-24)13-22(25)18-10-11-19-16-26(29-23(19)15-18)30-28(34)36-4-2/h5-13,15H,3-4,14,16H2,1-2H3,(H,32,33)(H,29,30,34). The van der Waals surface area contributed by atoms with E-state index in [4.69, 9.17) is 9.47 Å². The fourth-order valence-electron chi connectivity index (χ4n) is 4.40. The minimum Gasteiger partial charge on any atom is -0.493 e. The molecule has 1 amide bonds. The van der Waals surface area contributed by atoms with Crippen LogP contribution in [-0.2, 0) is 17.6 Å². The molecule has 0 saturated heterocycles. The van der Waals surface area contributed by atoms with Crippen molar-refractivity contribution in [2.24, 2.45) is 4.99 Å². The van der Waals surface area contributed by atoms with Gasteiger partial charge in [0.05, 0.1) is 30.0 Å². The summed E-state index contributed by atoms with van der Waals surface area (Å²) in [5, 5.41) is 11.1. The lowest BCUT2D eigenvalue weighted by atomic mass is 9.97. The van der Waals surface area contributed by atoms with Gasteiger partial charge in [-0.1, -0.05) is 36.4 Å². The number of benzene rings is 3. The van der Waals surface area contributed by atoms with Crippen molar-refractivity contribution in [3.05, 3.63) is 87.8 Å². The van der Waals surface area contributed by atoms with Gasteiger partial charge in [0.15, 0.2) is 0 Å². The van der Waals surface area contributed by atoms with Gasteiger partial charge in [-0.25, -0.2) is 14.9 Å². The Labute approximate surface area is 208 Å². The van der Waals surface area contributed by atoms with Gasteiger partial charge in [0.25, 0.3) is 5.56 Å². The molecule has 0 atom stereocenters. The van der Waals surface area contributed by atoms with Crippen molar-refractivity contribution in [2.75, 3.05) is 13.2 Å². The summed E-state index contributed by atoms with van der Waals surface area (Å²) in [5.41, 5.74) is 5.37. The quantitative estimate of drug-likeness (QED) is 0.406. The van der Waals surface area contributed by atoms with E-state index in [-0.39, 0.29) is 5.56 Å². The van der Waals surface area contributed by atoms with E-state index < -0.39 is 6.09 Å². The number of aliphatic imine (C=N–C) groups is 1. The number of carbonyl (C=O) groups excluding carboxylic acids is 1. The summed E-state index contributed by atoms with van der Waals surface area (Å²) in [6, 6.07) is 19.6. The molecule has 2 N–H and O–H groups in total. The van der Waals surface area contributed by atoms with E-state index in [1.807, 2.05) is 55.5 Å². The maximum atomic E-state index is 12.2. The van der Waals surface area contributed by atoms with E-state index in [9.17, 15) is 9.59 Å². The number of nitrogens with zero attached hydrogens (tertiary/aromatic N) is 2. The van der Waals surface area contributed by atoms with Crippen LogP contribution in [0.15, 0.2) is 70.5 Å². The van der Waals surface area contributed by atoms with Crippen molar-refractivity contribution in [1.29, 1.82) is 0 Å². The van der Waals surface area contributed by atoms with Crippen LogP contribution < -0.4 is 15.6 Å². The van der Waals surface area contributed by atoms with E-state index >= 15 is 0 Å². The van der Waals surface area contributed by atoms with E-state index in [2.05, 4.69) is 26.6 Å². The van der Waals surface area contributed by atoms with Gasteiger partial charge < -0.3 is 9.47 Å². The molecule has 1 aliphatic heterocycles. The Kier molecular flexibility index (Phi) is 6.49. The highest BCUT2D eigenvalue weighted by Crippen LogP contribution is 2.37. The van der Waals surface area contributed by atoms with Crippen molar-refractivity contribution < 1.29 is 14.3 Å². The number of carbonyl (C=O) groups is 1. The smallest absolute Gasteiger partial charge is 0.412 e. The molecule has 0 bridgehead atoms. The molecule has 1 aromatic heterocycles. The van der Waals surface area contributed by atoms with Crippen LogP contribution in [0.2, 0.25) is 0 Å². The number of rotatable bonds is 6. The van der Waals surface area contributed by atoms with E-state index in [1.165, 1.54) is 0 Å². The molecule has 1 aliphatic rings. The summed E-state index contributed by atoms with van der Waals surface area (Å²) in [7, 11) is 0. The predicted octanol–water partition coefficient (Wildman–Crippen LogP) is 4.91. The lowest BCUT2D eigenvalue weighted by Gasteiger charge is -2.14. The first kappa shape index (κ1) is 23.3. The fraction of sp³-hybridized carbons (Fsp3) is 0.214. The molecule has 3 aromatic carbocycles. The number of amidine groups is 1. The average Bonchev–Trinajstić information content (AvgIpc) is 3.28. The molecule has 36 heavy (non-hydrogen) atoms. The van der Waals surface area contributed by atoms with Crippen molar-refractivity contribution in [3.63, 3.8) is 0 Å². The molecular weight excluding hydrogens is 456 g/mol. The number of nitrogens with one attached hydrogen (secondary N) is 2. The van der Waals surface area contributed by atoms with E-state index in [0.29, 0.717) is 37.3 Å². The Morgan fingerprint density at radius 3 is 2.67 bits per heavy atom. The number of hydrogen-bond acceptors (Lipinski definition) is 6. The van der Waals surface area contributed by atoms with Crippen molar-refractivity contribution in [1.82, 2.24) is 15.5 Å². The van der Waals surface area contributed by atoms with Gasteiger partial charge in [-0.3, -0.25) is 10.1 Å². The maximum Gasteiger partial charge on any atom is 0.412 e. The molecule has 5 rings (SSSR count). The van der Waals surface area contributed by atoms with Gasteiger partial charge in [0.2, 0.25) is 0 Å². The van der Waals surface area contributed by atoms with Crippen molar-refractivity contribution in [2.45, 2.75) is 26.7 Å². The molecule has 0 fully saturated rings. The topological polar surface area (TPSA) is 106 Å². The number of alkyl carbamates (subject to hydrolysis) is 1. The Morgan fingerprint density at radius 2 is 1.86 bits per heavy atom. The largest absolute Gasteiger partial charge is 0.493 e. The third-order valence-corrected chi connectivity index (χ3v) is 6.02. The zero-order chi connectivity index (χ0) is 25.1. The van der Waals surface area contributed by atoms with Crippen LogP contribution in [0.4, 0.5) is 10.5 Å². The maximum absolute atomic E-state index is 12.2. The van der Waals surface area contributed by atoms with E-state index in [0.717, 1.165) is 44.8 Å². The summed E-state index contributed by atoms with van der Waals surface area (Å²) >= 11 is 0. The fourth-order valence-corrected chi connectivity index (χ4v) is 4.40. The molecule has 0 radical (unpaired) electrons. The first-order chi connectivity index (χ1) is 17.6. The lowest BCUT2D eigenvalue weighted by Crippen LogP contribution is -2.30. The first-order valence-electron chi connectivity index (χ1n) is 11.9. The first-order valence-corrected chi connectivity index (χ1v) is 11.9. The van der Waals surface area contributed by atoms with Gasteiger partial charge in [0.1, 0.15) is 11.6 Å². The van der Waals surface area contributed by atoms with Crippen LogP contribution in [0.3, 0.4) is 0 Å². The number of ether oxygens (including phenoxy) is 2. The minimum atomic E-state index is -0.501. The molecule has 0 saturated carbocycles. The van der Waals surface area contributed by atoms with Gasteiger partial charge >= 0.3 is 6.09 Å². The Bertz CT molecular complexity index is 1540. The summed E-state index contributed by atoms with van der Waals surface area (Å²) in [5.74, 6) is 1.34. The molecule has 4 aromatic rings. The van der Waals surface area contributed by atoms with Crippen LogP contribution in [0.25, 0.3) is 21.9 Å². The van der Waals surface area contributed by atoms with Crippen LogP contribution in [0.5, 0.6) is 5.75 Å². The third kappa shape index (κ3) is 4.70. The highest BCUT2D eigenvalue weighted by Gasteiger charge is 2.19. The second-order valence-corrected chi connectivity index (χ2v) is 8.41. The monoisotopic (exact) mass is 482 g/mol. The molecule has 0 unspecified atom stereocenters. The molecule has 2 heterocycles. The summed E-state index contributed by atoms with van der Waals surface area (Å²) < 4.78 is 10.9. The number of fused-ring (bicyclic) bond motifs is 2. The third-order valence-electron chi connectivity index (χ3n) is 6.02. The molecule has 0 spiro atoms. The molecular formula is C28H26N4O4. The van der Waals surface area contributed by atoms with Crippen LogP contribution >= 0.6 is 0 Å². The van der Waals surface area contributed by atoms with Crippen LogP contribution in [0.1, 0.15) is 30.7 Å².